The lowest BCUT2D eigenvalue weighted by atomic mass is 10.4. The van der Waals surface area contributed by atoms with Gasteiger partial charge in [0.25, 0.3) is 0 Å². The number of hydrogen-bond acceptors (Lipinski definition) is 4. The van der Waals surface area contributed by atoms with Gasteiger partial charge in [-0.25, -0.2) is 8.42 Å². The molecule has 6 heteroatoms. The maximum atomic E-state index is 12.3. The summed E-state index contributed by atoms with van der Waals surface area (Å²) < 4.78 is 25.0. The first-order valence-corrected chi connectivity index (χ1v) is 7.24. The van der Waals surface area contributed by atoms with Crippen molar-refractivity contribution in [2.24, 2.45) is 0 Å². The van der Waals surface area contributed by atoms with E-state index in [0.29, 0.717) is 10.8 Å². The van der Waals surface area contributed by atoms with Crippen LogP contribution in [0.4, 0.5) is 0 Å². The van der Waals surface area contributed by atoms with E-state index in [0.717, 1.165) is 0 Å². The molecule has 1 aromatic heterocycles. The minimum atomic E-state index is -3.65. The fraction of sp³-hybridized carbons (Fsp3) is 0. The van der Waals surface area contributed by atoms with Crippen LogP contribution in [0, 0.1) is 0 Å². The Morgan fingerprint density at radius 2 is 1.83 bits per heavy atom. The lowest BCUT2D eigenvalue weighted by molar-refractivity contribution is 0.111. The van der Waals surface area contributed by atoms with Gasteiger partial charge in [-0.3, -0.25) is 9.78 Å². The molecule has 2 rings (SSSR count). The zero-order chi connectivity index (χ0) is 13.2. The van der Waals surface area contributed by atoms with Crippen LogP contribution in [0.2, 0.25) is 0 Å². The predicted molar refractivity (Wildman–Crippen MR) is 69.2 cm³/mol. The molecule has 0 saturated carbocycles. The Hall–Kier alpha value is -1.53. The largest absolute Gasteiger partial charge is 0.296 e. The summed E-state index contributed by atoms with van der Waals surface area (Å²) >= 11 is 3.14. The van der Waals surface area contributed by atoms with Crippen LogP contribution in [0.1, 0.15) is 10.5 Å². The molecule has 92 valence electrons. The minimum absolute atomic E-state index is 0.0331. The van der Waals surface area contributed by atoms with E-state index in [1.165, 1.54) is 24.4 Å². The Labute approximate surface area is 113 Å². The molecule has 0 radical (unpaired) electrons. The first-order valence-electron chi connectivity index (χ1n) is 4.96. The highest BCUT2D eigenvalue weighted by atomic mass is 79.9. The first-order chi connectivity index (χ1) is 8.55. The van der Waals surface area contributed by atoms with Gasteiger partial charge in [0, 0.05) is 6.20 Å². The lowest BCUT2D eigenvalue weighted by Crippen LogP contribution is -2.04. The van der Waals surface area contributed by atoms with Gasteiger partial charge in [-0.15, -0.1) is 0 Å². The van der Waals surface area contributed by atoms with Gasteiger partial charge in [-0.1, -0.05) is 18.2 Å². The van der Waals surface area contributed by atoms with Gasteiger partial charge in [0.05, 0.1) is 14.3 Å². The summed E-state index contributed by atoms with van der Waals surface area (Å²) in [5.41, 5.74) is 0.0766. The second kappa shape index (κ2) is 4.99. The molecule has 0 unspecified atom stereocenters. The maximum absolute atomic E-state index is 12.3. The molecule has 0 bridgehead atoms. The fourth-order valence-corrected chi connectivity index (χ4v) is 3.64. The van der Waals surface area contributed by atoms with Crippen LogP contribution in [0.15, 0.2) is 56.9 Å². The molecule has 0 spiro atoms. The number of nitrogens with zero attached hydrogens (tertiary/aromatic N) is 1. The summed E-state index contributed by atoms with van der Waals surface area (Å²) in [5.74, 6) is 0. The summed E-state index contributed by atoms with van der Waals surface area (Å²) in [6.45, 7) is 0. The van der Waals surface area contributed by atoms with Crippen LogP contribution >= 0.6 is 15.9 Å². The number of benzene rings is 1. The third-order valence-corrected chi connectivity index (χ3v) is 5.01. The van der Waals surface area contributed by atoms with Crippen LogP contribution in [-0.4, -0.2) is 19.7 Å². The average molecular weight is 326 g/mol. The molecule has 1 aromatic carbocycles. The van der Waals surface area contributed by atoms with E-state index < -0.39 is 9.84 Å². The Morgan fingerprint density at radius 3 is 2.44 bits per heavy atom. The van der Waals surface area contributed by atoms with Gasteiger partial charge in [-0.05, 0) is 34.1 Å². The molecular formula is C12H8BrNO3S. The second-order valence-electron chi connectivity index (χ2n) is 3.47. The van der Waals surface area contributed by atoms with Crippen molar-refractivity contribution < 1.29 is 13.2 Å². The third-order valence-electron chi connectivity index (χ3n) is 2.31. The first kappa shape index (κ1) is 12.9. The highest BCUT2D eigenvalue weighted by Crippen LogP contribution is 2.27. The summed E-state index contributed by atoms with van der Waals surface area (Å²) in [4.78, 5) is 14.7. The van der Waals surface area contributed by atoms with E-state index in [-0.39, 0.29) is 15.5 Å². The summed E-state index contributed by atoms with van der Waals surface area (Å²) in [6, 6.07) is 9.27. The number of hydrogen-bond donors (Lipinski definition) is 0. The summed E-state index contributed by atoms with van der Waals surface area (Å²) in [6.07, 6.45) is 1.82. The van der Waals surface area contributed by atoms with Crippen LogP contribution in [0.25, 0.3) is 0 Å². The number of aldehydes is 1. The van der Waals surface area contributed by atoms with Crippen LogP contribution in [0.5, 0.6) is 0 Å². The van der Waals surface area contributed by atoms with Crippen LogP contribution < -0.4 is 0 Å². The molecule has 0 amide bonds. The molecule has 4 nitrogen and oxygen atoms in total. The van der Waals surface area contributed by atoms with Crippen molar-refractivity contribution in [1.82, 2.24) is 4.98 Å². The smallest absolute Gasteiger partial charge is 0.207 e. The molecule has 18 heavy (non-hydrogen) atoms. The lowest BCUT2D eigenvalue weighted by Gasteiger charge is -2.06. The third kappa shape index (κ3) is 2.34. The molecule has 1 heterocycles. The van der Waals surface area contributed by atoms with E-state index in [1.54, 1.807) is 18.2 Å². The highest BCUT2D eigenvalue weighted by Gasteiger charge is 2.21. The number of aromatic nitrogens is 1. The summed E-state index contributed by atoms with van der Waals surface area (Å²) in [5, 5.41) is 0. The van der Waals surface area contributed by atoms with Crippen molar-refractivity contribution in [2.75, 3.05) is 0 Å². The molecular weight excluding hydrogens is 318 g/mol. The Kier molecular flexibility index (Phi) is 3.58. The van der Waals surface area contributed by atoms with Gasteiger partial charge in [-0.2, -0.15) is 0 Å². The fourth-order valence-electron chi connectivity index (χ4n) is 1.43. The van der Waals surface area contributed by atoms with Crippen molar-refractivity contribution >= 4 is 32.1 Å². The van der Waals surface area contributed by atoms with Gasteiger partial charge in [0.2, 0.25) is 9.84 Å². The number of pyridine rings is 1. The van der Waals surface area contributed by atoms with E-state index in [2.05, 4.69) is 20.9 Å². The van der Waals surface area contributed by atoms with E-state index >= 15 is 0 Å². The highest BCUT2D eigenvalue weighted by molar-refractivity contribution is 9.10. The zero-order valence-electron chi connectivity index (χ0n) is 9.08. The molecule has 0 atom stereocenters. The van der Waals surface area contributed by atoms with Crippen molar-refractivity contribution in [3.8, 4) is 0 Å². The van der Waals surface area contributed by atoms with E-state index in [4.69, 9.17) is 0 Å². The molecule has 0 aliphatic rings. The SMILES string of the molecule is O=Cc1cc(S(=O)(=O)c2ccccc2)c(Br)cn1. The molecule has 0 N–H and O–H groups in total. The van der Waals surface area contributed by atoms with Gasteiger partial charge in [0.15, 0.2) is 6.29 Å². The topological polar surface area (TPSA) is 64.1 Å². The van der Waals surface area contributed by atoms with Crippen molar-refractivity contribution in [1.29, 1.82) is 0 Å². The predicted octanol–water partition coefficient (Wildman–Crippen LogP) is 2.49. The quantitative estimate of drug-likeness (QED) is 0.813. The number of carbonyl (C=O) groups is 1. The van der Waals surface area contributed by atoms with Gasteiger partial charge >= 0.3 is 0 Å². The zero-order valence-corrected chi connectivity index (χ0v) is 11.5. The number of halogens is 1. The van der Waals surface area contributed by atoms with Gasteiger partial charge in [0.1, 0.15) is 5.69 Å². The Balaban J connectivity index is 2.65. The van der Waals surface area contributed by atoms with Gasteiger partial charge < -0.3 is 0 Å². The standard InChI is InChI=1S/C12H8BrNO3S/c13-11-7-14-9(8-15)6-12(11)18(16,17)10-4-2-1-3-5-10/h1-8H. The van der Waals surface area contributed by atoms with Crippen molar-refractivity contribution in [3.63, 3.8) is 0 Å². The van der Waals surface area contributed by atoms with Crippen LogP contribution in [-0.2, 0) is 9.84 Å². The molecule has 0 saturated heterocycles. The van der Waals surface area contributed by atoms with Crippen molar-refractivity contribution in [2.45, 2.75) is 9.79 Å². The normalized spacial score (nSPS) is 11.2. The monoisotopic (exact) mass is 325 g/mol. The maximum Gasteiger partial charge on any atom is 0.207 e. The number of carbonyl (C=O) groups excluding carboxylic acids is 1. The molecule has 0 aliphatic heterocycles. The average Bonchev–Trinajstić information content (AvgIpc) is 2.40. The van der Waals surface area contributed by atoms with E-state index in [1.807, 2.05) is 0 Å². The number of sulfone groups is 1. The minimum Gasteiger partial charge on any atom is -0.296 e. The molecule has 0 fully saturated rings. The molecule has 0 aliphatic carbocycles. The Bertz CT molecular complexity index is 684. The van der Waals surface area contributed by atoms with Crippen LogP contribution in [0.3, 0.4) is 0 Å². The van der Waals surface area contributed by atoms with Crippen molar-refractivity contribution in [3.05, 3.63) is 52.8 Å². The number of rotatable bonds is 3. The van der Waals surface area contributed by atoms with E-state index in [9.17, 15) is 13.2 Å². The summed E-state index contributed by atoms with van der Waals surface area (Å²) in [7, 11) is -3.65. The second-order valence-corrected chi connectivity index (χ2v) is 6.25. The Morgan fingerprint density at radius 1 is 1.17 bits per heavy atom. The molecule has 2 aromatic rings.